The first kappa shape index (κ1) is 22.9. The number of aromatic nitrogens is 1. The van der Waals surface area contributed by atoms with Crippen LogP contribution in [0.15, 0.2) is 48.7 Å². The van der Waals surface area contributed by atoms with E-state index in [1.54, 1.807) is 18.2 Å². The number of hydrogen-bond donors (Lipinski definition) is 1. The van der Waals surface area contributed by atoms with Crippen molar-refractivity contribution in [3.05, 3.63) is 59.9 Å². The van der Waals surface area contributed by atoms with Crippen molar-refractivity contribution < 1.29 is 32.6 Å². The summed E-state index contributed by atoms with van der Waals surface area (Å²) < 4.78 is 45.8. The van der Waals surface area contributed by atoms with Gasteiger partial charge in [-0.3, -0.25) is 10.0 Å². The van der Waals surface area contributed by atoms with Crippen molar-refractivity contribution >= 4 is 12.0 Å². The monoisotopic (exact) mass is 472 g/mol. The Morgan fingerprint density at radius 2 is 1.91 bits per heavy atom. The van der Waals surface area contributed by atoms with Gasteiger partial charge < -0.3 is 4.74 Å². The molecule has 4 nitrogen and oxygen atoms in total. The highest BCUT2D eigenvalue weighted by molar-refractivity contribution is 5.75. The molecule has 3 aliphatic rings. The number of allylic oxidation sites excluding steroid dienone is 1. The van der Waals surface area contributed by atoms with Crippen molar-refractivity contribution in [1.29, 1.82) is 0 Å². The minimum absolute atomic E-state index is 0.0615. The lowest BCUT2D eigenvalue weighted by molar-refractivity contribution is -0.905. The number of esters is 1. The maximum atomic E-state index is 13.1. The number of nitrogens with zero attached hydrogens (tertiary/aromatic N) is 1. The summed E-state index contributed by atoms with van der Waals surface area (Å²) in [6.45, 7) is 1.97. The van der Waals surface area contributed by atoms with Gasteiger partial charge in [-0.15, -0.1) is 0 Å². The number of halogens is 3. The topological polar surface area (TPSA) is 50.4 Å². The second-order valence-electron chi connectivity index (χ2n) is 9.97. The van der Waals surface area contributed by atoms with E-state index in [-0.39, 0.29) is 29.8 Å². The lowest BCUT2D eigenvalue weighted by atomic mass is 9.57. The van der Waals surface area contributed by atoms with Gasteiger partial charge in [0.2, 0.25) is 6.20 Å². The average Bonchev–Trinajstić information content (AvgIpc) is 3.10. The zero-order valence-electron chi connectivity index (χ0n) is 19.0. The molecule has 0 radical (unpaired) electrons. The number of cyclic esters (lactones) is 1. The molecule has 1 aromatic heterocycles. The van der Waals surface area contributed by atoms with Gasteiger partial charge in [0.1, 0.15) is 6.10 Å². The Labute approximate surface area is 197 Å². The van der Waals surface area contributed by atoms with Gasteiger partial charge in [-0.25, -0.2) is 0 Å². The van der Waals surface area contributed by atoms with Crippen LogP contribution in [-0.4, -0.2) is 17.3 Å². The minimum Gasteiger partial charge on any atom is -0.462 e. The van der Waals surface area contributed by atoms with Gasteiger partial charge in [-0.05, 0) is 61.3 Å². The lowest BCUT2D eigenvalue weighted by Crippen LogP contribution is -2.42. The van der Waals surface area contributed by atoms with Gasteiger partial charge >= 0.3 is 12.1 Å². The van der Waals surface area contributed by atoms with Crippen molar-refractivity contribution in [3.63, 3.8) is 0 Å². The minimum atomic E-state index is -4.43. The van der Waals surface area contributed by atoms with Crippen molar-refractivity contribution in [3.8, 4) is 11.1 Å². The molecule has 1 N–H and O–H groups in total. The van der Waals surface area contributed by atoms with Crippen molar-refractivity contribution in [2.24, 2.45) is 29.6 Å². The summed E-state index contributed by atoms with van der Waals surface area (Å²) in [5.74, 6) is 1.20. The molecular formula is C27H29F3NO3+. The maximum Gasteiger partial charge on any atom is 0.416 e. The van der Waals surface area contributed by atoms with Crippen molar-refractivity contribution in [2.75, 3.05) is 0 Å². The number of carbonyl (C=O) groups is 1. The van der Waals surface area contributed by atoms with Gasteiger partial charge in [0, 0.05) is 22.8 Å². The van der Waals surface area contributed by atoms with E-state index in [9.17, 15) is 23.2 Å². The molecule has 6 atom stereocenters. The third-order valence-corrected chi connectivity index (χ3v) is 8.05. The molecule has 1 saturated heterocycles. The Balaban J connectivity index is 1.42. The van der Waals surface area contributed by atoms with E-state index < -0.39 is 11.7 Å². The van der Waals surface area contributed by atoms with E-state index in [0.717, 1.165) is 36.1 Å². The SMILES string of the molecule is CC1OC(=O)C2CC3CCCCC3C(/C=C/c3ccc(-c4cccc(C(F)(F)F)c4)c[n+]3O)C12. The van der Waals surface area contributed by atoms with E-state index >= 15 is 0 Å². The van der Waals surface area contributed by atoms with Crippen LogP contribution < -0.4 is 4.73 Å². The Bertz CT molecular complexity index is 1110. The molecule has 2 saturated carbocycles. The number of ether oxygens (including phenoxy) is 1. The number of fused-ring (bicyclic) bond motifs is 2. The van der Waals surface area contributed by atoms with E-state index in [0.29, 0.717) is 28.7 Å². The number of carbonyl (C=O) groups excluding carboxylic acids is 1. The highest BCUT2D eigenvalue weighted by atomic mass is 19.4. The first-order chi connectivity index (χ1) is 16.2. The third kappa shape index (κ3) is 4.21. The van der Waals surface area contributed by atoms with E-state index in [4.69, 9.17) is 4.74 Å². The van der Waals surface area contributed by atoms with Crippen LogP contribution in [0.5, 0.6) is 0 Å². The van der Waals surface area contributed by atoms with E-state index in [1.807, 2.05) is 13.0 Å². The van der Waals surface area contributed by atoms with Crippen LogP contribution in [0, 0.1) is 29.6 Å². The molecule has 2 aromatic rings. The van der Waals surface area contributed by atoms with Crippen LogP contribution in [0.2, 0.25) is 0 Å². The molecule has 5 rings (SSSR count). The Hall–Kier alpha value is -2.83. The average molecular weight is 473 g/mol. The fourth-order valence-corrected chi connectivity index (χ4v) is 6.47. The van der Waals surface area contributed by atoms with E-state index in [2.05, 4.69) is 6.08 Å². The van der Waals surface area contributed by atoms with Crippen LogP contribution in [0.1, 0.15) is 50.3 Å². The zero-order valence-corrected chi connectivity index (χ0v) is 19.0. The zero-order chi connectivity index (χ0) is 24.0. The highest BCUT2D eigenvalue weighted by Crippen LogP contribution is 2.53. The lowest BCUT2D eigenvalue weighted by Gasteiger charge is -2.45. The normalized spacial score (nSPS) is 31.2. The smallest absolute Gasteiger partial charge is 0.416 e. The fourth-order valence-electron chi connectivity index (χ4n) is 6.47. The van der Waals surface area contributed by atoms with Crippen LogP contribution in [0.4, 0.5) is 13.2 Å². The van der Waals surface area contributed by atoms with Crippen LogP contribution in [-0.2, 0) is 15.7 Å². The van der Waals surface area contributed by atoms with Gasteiger partial charge in [-0.2, -0.15) is 13.2 Å². The number of hydrogen-bond acceptors (Lipinski definition) is 3. The summed E-state index contributed by atoms with van der Waals surface area (Å²) in [5.41, 5.74) is 0.668. The molecule has 0 bridgehead atoms. The molecule has 7 heteroatoms. The summed E-state index contributed by atoms with van der Waals surface area (Å²) in [5, 5.41) is 10.6. The molecule has 1 aromatic carbocycles. The number of pyridine rings is 1. The van der Waals surface area contributed by atoms with Crippen LogP contribution >= 0.6 is 0 Å². The highest BCUT2D eigenvalue weighted by Gasteiger charge is 2.53. The van der Waals surface area contributed by atoms with E-state index in [1.165, 1.54) is 25.1 Å². The van der Waals surface area contributed by atoms with Crippen LogP contribution in [0.3, 0.4) is 0 Å². The third-order valence-electron chi connectivity index (χ3n) is 8.05. The van der Waals surface area contributed by atoms with Gasteiger partial charge in [-0.1, -0.05) is 37.5 Å². The molecule has 3 fully saturated rings. The maximum absolute atomic E-state index is 13.1. The van der Waals surface area contributed by atoms with Gasteiger partial charge in [0.25, 0.3) is 5.69 Å². The predicted octanol–water partition coefficient (Wildman–Crippen LogP) is 5.91. The summed E-state index contributed by atoms with van der Waals surface area (Å²) in [6.07, 6.45) is 6.44. The van der Waals surface area contributed by atoms with Crippen molar-refractivity contribution in [2.45, 2.75) is 51.3 Å². The molecule has 6 unspecified atom stereocenters. The Kier molecular flexibility index (Phi) is 5.90. The molecule has 34 heavy (non-hydrogen) atoms. The standard InChI is InChI=1S/C27H29F3NO3/c1-16-25-23(22-8-3-2-5-18(22)14-24(25)26(32)34-16)12-11-21-10-9-19(15-31(21)33)17-6-4-7-20(13-17)27(28,29)30/h4,6-7,9-13,15-16,18,22-25,33H,2-3,5,8,14H2,1H3/q+1/b12-11+. The van der Waals surface area contributed by atoms with Gasteiger partial charge in [0.05, 0.1) is 17.0 Å². The van der Waals surface area contributed by atoms with Crippen molar-refractivity contribution in [1.82, 2.24) is 0 Å². The van der Waals surface area contributed by atoms with Crippen LogP contribution in [0.25, 0.3) is 17.2 Å². The molecular weight excluding hydrogens is 443 g/mol. The first-order valence-electron chi connectivity index (χ1n) is 12.0. The number of alkyl halides is 3. The Morgan fingerprint density at radius 1 is 1.12 bits per heavy atom. The predicted molar refractivity (Wildman–Crippen MR) is 119 cm³/mol. The fraction of sp³-hybridized carbons (Fsp3) is 0.481. The Morgan fingerprint density at radius 3 is 2.68 bits per heavy atom. The largest absolute Gasteiger partial charge is 0.462 e. The number of benzene rings is 1. The molecule has 1 aliphatic heterocycles. The second kappa shape index (κ2) is 8.75. The molecule has 0 amide bonds. The molecule has 180 valence electrons. The number of rotatable bonds is 3. The summed E-state index contributed by atoms with van der Waals surface area (Å²) in [7, 11) is 0. The van der Waals surface area contributed by atoms with Gasteiger partial charge in [0.15, 0.2) is 0 Å². The molecule has 2 aliphatic carbocycles. The molecule has 2 heterocycles. The first-order valence-corrected chi connectivity index (χ1v) is 12.0. The quantitative estimate of drug-likeness (QED) is 0.343. The summed E-state index contributed by atoms with van der Waals surface area (Å²) in [6, 6.07) is 8.46. The second-order valence-corrected chi connectivity index (χ2v) is 9.97. The molecule has 0 spiro atoms. The summed E-state index contributed by atoms with van der Waals surface area (Å²) >= 11 is 0. The summed E-state index contributed by atoms with van der Waals surface area (Å²) in [4.78, 5) is 12.5.